The molecule has 1 aromatic rings. The van der Waals surface area contributed by atoms with E-state index >= 15 is 0 Å². The van der Waals surface area contributed by atoms with Gasteiger partial charge in [-0.05, 0) is 24.6 Å². The van der Waals surface area contributed by atoms with Crippen LogP contribution in [0.1, 0.15) is 15.9 Å². The number of aliphatic hydroxyl groups excluding tert-OH is 1. The zero-order valence-corrected chi connectivity index (χ0v) is 9.81. The molecule has 1 rings (SSSR count). The number of hydrogen-bond acceptors (Lipinski definition) is 5. The highest BCUT2D eigenvalue weighted by Crippen LogP contribution is 2.16. The van der Waals surface area contributed by atoms with Crippen LogP contribution in [0.15, 0.2) is 18.2 Å². The maximum Gasteiger partial charge on any atom is 0.338 e. The van der Waals surface area contributed by atoms with Gasteiger partial charge in [-0.15, -0.1) is 0 Å². The second kappa shape index (κ2) is 6.88. The summed E-state index contributed by atoms with van der Waals surface area (Å²) in [5.41, 5.74) is 7.44. The minimum absolute atomic E-state index is 0.0394. The molecule has 0 amide bonds. The Balaban J connectivity index is 2.44. The van der Waals surface area contributed by atoms with E-state index in [2.05, 4.69) is 0 Å². The SMILES string of the molecule is Cc1c(N)cccc1C(=O)OCCOCCO. The van der Waals surface area contributed by atoms with Crippen LogP contribution in [-0.2, 0) is 9.47 Å². The van der Waals surface area contributed by atoms with Crippen LogP contribution in [0, 0.1) is 6.92 Å². The van der Waals surface area contributed by atoms with Crippen LogP contribution in [0.25, 0.3) is 0 Å². The van der Waals surface area contributed by atoms with Crippen molar-refractivity contribution in [3.05, 3.63) is 29.3 Å². The summed E-state index contributed by atoms with van der Waals surface area (Å²) in [4.78, 5) is 11.7. The van der Waals surface area contributed by atoms with E-state index in [1.165, 1.54) is 0 Å². The van der Waals surface area contributed by atoms with E-state index in [-0.39, 0.29) is 26.4 Å². The second-order valence-electron chi connectivity index (χ2n) is 3.49. The fraction of sp³-hybridized carbons (Fsp3) is 0.417. The van der Waals surface area contributed by atoms with Gasteiger partial charge in [0.2, 0.25) is 0 Å². The summed E-state index contributed by atoms with van der Waals surface area (Å²) < 4.78 is 9.98. The lowest BCUT2D eigenvalue weighted by molar-refractivity contribution is 0.0258. The van der Waals surface area contributed by atoms with Gasteiger partial charge >= 0.3 is 5.97 Å². The highest BCUT2D eigenvalue weighted by atomic mass is 16.6. The maximum atomic E-state index is 11.7. The number of carbonyl (C=O) groups is 1. The molecule has 0 bridgehead atoms. The molecule has 0 atom stereocenters. The Labute approximate surface area is 100 Å². The smallest absolute Gasteiger partial charge is 0.338 e. The van der Waals surface area contributed by atoms with Crippen molar-refractivity contribution in [1.29, 1.82) is 0 Å². The highest BCUT2D eigenvalue weighted by molar-refractivity contribution is 5.92. The molecule has 3 N–H and O–H groups in total. The summed E-state index contributed by atoms with van der Waals surface area (Å²) in [6.07, 6.45) is 0. The summed E-state index contributed by atoms with van der Waals surface area (Å²) in [6.45, 7) is 2.41. The van der Waals surface area contributed by atoms with Crippen LogP contribution >= 0.6 is 0 Å². The van der Waals surface area contributed by atoms with Crippen molar-refractivity contribution < 1.29 is 19.4 Å². The number of nitrogen functional groups attached to an aromatic ring is 1. The van der Waals surface area contributed by atoms with Gasteiger partial charge in [-0.3, -0.25) is 0 Å². The Morgan fingerprint density at radius 2 is 2.12 bits per heavy atom. The number of aliphatic hydroxyl groups is 1. The molecule has 0 aliphatic rings. The summed E-state index contributed by atoms with van der Waals surface area (Å²) in [5, 5.41) is 8.47. The van der Waals surface area contributed by atoms with E-state index < -0.39 is 5.97 Å². The fourth-order valence-corrected chi connectivity index (χ4v) is 1.31. The highest BCUT2D eigenvalue weighted by Gasteiger charge is 2.11. The minimum atomic E-state index is -0.414. The lowest BCUT2D eigenvalue weighted by Gasteiger charge is -2.08. The second-order valence-corrected chi connectivity index (χ2v) is 3.49. The normalized spacial score (nSPS) is 10.2. The van der Waals surface area contributed by atoms with Gasteiger partial charge in [0.15, 0.2) is 0 Å². The number of nitrogens with two attached hydrogens (primary N) is 1. The van der Waals surface area contributed by atoms with Crippen LogP contribution in [-0.4, -0.2) is 37.5 Å². The Bertz CT molecular complexity index is 379. The van der Waals surface area contributed by atoms with Crippen molar-refractivity contribution >= 4 is 11.7 Å². The molecule has 5 heteroatoms. The van der Waals surface area contributed by atoms with Gasteiger partial charge in [0.05, 0.1) is 25.4 Å². The number of carbonyl (C=O) groups excluding carboxylic acids is 1. The van der Waals surface area contributed by atoms with Crippen molar-refractivity contribution in [2.45, 2.75) is 6.92 Å². The Morgan fingerprint density at radius 1 is 1.35 bits per heavy atom. The molecule has 94 valence electrons. The summed E-state index contributed by atoms with van der Waals surface area (Å²) in [7, 11) is 0. The number of anilines is 1. The van der Waals surface area contributed by atoms with E-state index in [0.29, 0.717) is 16.8 Å². The first-order valence-corrected chi connectivity index (χ1v) is 5.37. The average molecular weight is 239 g/mol. The van der Waals surface area contributed by atoms with E-state index in [0.717, 1.165) is 0 Å². The van der Waals surface area contributed by atoms with Gasteiger partial charge < -0.3 is 20.3 Å². The van der Waals surface area contributed by atoms with Gasteiger partial charge in [-0.1, -0.05) is 6.07 Å². The van der Waals surface area contributed by atoms with Crippen LogP contribution in [0.2, 0.25) is 0 Å². The third kappa shape index (κ3) is 4.05. The molecule has 5 nitrogen and oxygen atoms in total. The predicted octanol–water partition coefficient (Wildman–Crippen LogP) is 0.743. The third-order valence-corrected chi connectivity index (χ3v) is 2.29. The molecular weight excluding hydrogens is 222 g/mol. The van der Waals surface area contributed by atoms with Crippen molar-refractivity contribution in [1.82, 2.24) is 0 Å². The van der Waals surface area contributed by atoms with E-state index in [1.54, 1.807) is 25.1 Å². The van der Waals surface area contributed by atoms with Gasteiger partial charge in [0.1, 0.15) is 6.61 Å². The quantitative estimate of drug-likeness (QED) is 0.435. The molecule has 0 radical (unpaired) electrons. The summed E-state index contributed by atoms with van der Waals surface area (Å²) in [5.74, 6) is -0.414. The van der Waals surface area contributed by atoms with Gasteiger partial charge in [-0.2, -0.15) is 0 Å². The molecule has 0 saturated carbocycles. The van der Waals surface area contributed by atoms with Crippen molar-refractivity contribution in [2.75, 3.05) is 32.2 Å². The van der Waals surface area contributed by atoms with E-state index in [1.807, 2.05) is 0 Å². The largest absolute Gasteiger partial charge is 0.460 e. The molecule has 0 fully saturated rings. The Kier molecular flexibility index (Phi) is 5.45. The van der Waals surface area contributed by atoms with Crippen molar-refractivity contribution in [2.24, 2.45) is 0 Å². The first-order chi connectivity index (χ1) is 8.16. The first-order valence-electron chi connectivity index (χ1n) is 5.37. The zero-order valence-electron chi connectivity index (χ0n) is 9.81. The number of ether oxygens (including phenoxy) is 2. The molecule has 0 aromatic heterocycles. The van der Waals surface area contributed by atoms with Crippen LogP contribution < -0.4 is 5.73 Å². The minimum Gasteiger partial charge on any atom is -0.460 e. The first kappa shape index (κ1) is 13.5. The van der Waals surface area contributed by atoms with Crippen LogP contribution in [0.4, 0.5) is 5.69 Å². The molecule has 0 spiro atoms. The third-order valence-electron chi connectivity index (χ3n) is 2.29. The van der Waals surface area contributed by atoms with Crippen molar-refractivity contribution in [3.8, 4) is 0 Å². The van der Waals surface area contributed by atoms with Crippen LogP contribution in [0.5, 0.6) is 0 Å². The summed E-state index contributed by atoms with van der Waals surface area (Å²) in [6, 6.07) is 5.11. The van der Waals surface area contributed by atoms with Crippen LogP contribution in [0.3, 0.4) is 0 Å². The van der Waals surface area contributed by atoms with Gasteiger partial charge in [-0.25, -0.2) is 4.79 Å². The van der Waals surface area contributed by atoms with Gasteiger partial charge in [0.25, 0.3) is 0 Å². The molecule has 0 aliphatic heterocycles. The molecule has 0 aliphatic carbocycles. The Hall–Kier alpha value is -1.59. The van der Waals surface area contributed by atoms with E-state index in [9.17, 15) is 4.79 Å². The molecule has 0 heterocycles. The zero-order chi connectivity index (χ0) is 12.7. The number of benzene rings is 1. The van der Waals surface area contributed by atoms with E-state index in [4.69, 9.17) is 20.3 Å². The number of hydrogen-bond donors (Lipinski definition) is 2. The molecule has 1 aromatic carbocycles. The van der Waals surface area contributed by atoms with Gasteiger partial charge in [0, 0.05) is 5.69 Å². The molecule has 17 heavy (non-hydrogen) atoms. The average Bonchev–Trinajstić information content (AvgIpc) is 2.32. The molecule has 0 saturated heterocycles. The number of rotatable bonds is 6. The lowest BCUT2D eigenvalue weighted by atomic mass is 10.1. The topological polar surface area (TPSA) is 81.8 Å². The predicted molar refractivity (Wildman–Crippen MR) is 63.8 cm³/mol. The monoisotopic (exact) mass is 239 g/mol. The molecule has 0 unspecified atom stereocenters. The summed E-state index contributed by atoms with van der Waals surface area (Å²) >= 11 is 0. The lowest BCUT2D eigenvalue weighted by Crippen LogP contribution is -2.13. The number of esters is 1. The maximum absolute atomic E-state index is 11.7. The standard InChI is InChI=1S/C12H17NO4/c1-9-10(3-2-4-11(9)13)12(15)17-8-7-16-6-5-14/h2-4,14H,5-8,13H2,1H3. The fourth-order valence-electron chi connectivity index (χ4n) is 1.31. The van der Waals surface area contributed by atoms with Crippen molar-refractivity contribution in [3.63, 3.8) is 0 Å². The molecular formula is C12H17NO4. The Morgan fingerprint density at radius 3 is 2.82 bits per heavy atom.